The van der Waals surface area contributed by atoms with Gasteiger partial charge in [-0.15, -0.1) is 0 Å². The molecule has 0 radical (unpaired) electrons. The zero-order valence-electron chi connectivity index (χ0n) is 14.3. The van der Waals surface area contributed by atoms with Crippen LogP contribution in [-0.2, 0) is 4.79 Å². The summed E-state index contributed by atoms with van der Waals surface area (Å²) in [6.45, 7) is 7.37. The first kappa shape index (κ1) is 18.5. The van der Waals surface area contributed by atoms with Crippen LogP contribution in [0.25, 0.3) is 0 Å². The highest BCUT2D eigenvalue weighted by molar-refractivity contribution is 5.76. The maximum Gasteiger partial charge on any atom is 0.222 e. The van der Waals surface area contributed by atoms with Crippen molar-refractivity contribution in [2.24, 2.45) is 0 Å². The van der Waals surface area contributed by atoms with Gasteiger partial charge in [0.2, 0.25) is 5.91 Å². The number of hydrogen-bond donors (Lipinski definition) is 1. The Morgan fingerprint density at radius 1 is 1.05 bits per heavy atom. The Hall–Kier alpha value is -0.570. The quantitative estimate of drug-likeness (QED) is 0.582. The Bertz CT molecular complexity index is 262. The molecule has 0 spiro atoms. The third-order valence-corrected chi connectivity index (χ3v) is 4.44. The lowest BCUT2D eigenvalue weighted by molar-refractivity contribution is -0.131. The van der Waals surface area contributed by atoms with E-state index in [-0.39, 0.29) is 0 Å². The molecule has 0 aromatic carbocycles. The standard InChI is InChI=1S/C18H36N2O/c1-3-5-6-7-8-9-13-18(21)20(15-4-2)16-17-12-10-11-14-19-17/h17,19H,3-16H2,1-2H3. The van der Waals surface area contributed by atoms with Crippen LogP contribution in [0.4, 0.5) is 0 Å². The average molecular weight is 296 g/mol. The third-order valence-electron chi connectivity index (χ3n) is 4.44. The summed E-state index contributed by atoms with van der Waals surface area (Å²) in [5, 5.41) is 3.56. The van der Waals surface area contributed by atoms with E-state index in [0.29, 0.717) is 11.9 Å². The molecular weight excluding hydrogens is 260 g/mol. The lowest BCUT2D eigenvalue weighted by Gasteiger charge is -2.30. The van der Waals surface area contributed by atoms with Crippen LogP contribution >= 0.6 is 0 Å². The fourth-order valence-electron chi connectivity index (χ4n) is 3.15. The summed E-state index contributed by atoms with van der Waals surface area (Å²) in [7, 11) is 0. The first-order valence-electron chi connectivity index (χ1n) is 9.29. The second-order valence-electron chi connectivity index (χ2n) is 6.50. The fourth-order valence-corrected chi connectivity index (χ4v) is 3.15. The second-order valence-corrected chi connectivity index (χ2v) is 6.50. The molecule has 1 N–H and O–H groups in total. The molecule has 1 saturated heterocycles. The highest BCUT2D eigenvalue weighted by atomic mass is 16.2. The highest BCUT2D eigenvalue weighted by Gasteiger charge is 2.19. The minimum Gasteiger partial charge on any atom is -0.341 e. The second kappa shape index (κ2) is 12.0. The number of piperidine rings is 1. The SMILES string of the molecule is CCCCCCCCC(=O)N(CCC)CC1CCCCN1. The number of hydrogen-bond acceptors (Lipinski definition) is 2. The molecule has 3 heteroatoms. The molecule has 0 bridgehead atoms. The molecule has 0 aromatic heterocycles. The van der Waals surface area contributed by atoms with Crippen molar-refractivity contribution in [1.29, 1.82) is 0 Å². The molecule has 1 amide bonds. The van der Waals surface area contributed by atoms with Crippen LogP contribution in [-0.4, -0.2) is 36.5 Å². The lowest BCUT2D eigenvalue weighted by Crippen LogP contribution is -2.46. The van der Waals surface area contributed by atoms with Crippen LogP contribution in [0.2, 0.25) is 0 Å². The number of carbonyl (C=O) groups is 1. The largest absolute Gasteiger partial charge is 0.341 e. The van der Waals surface area contributed by atoms with E-state index in [4.69, 9.17) is 0 Å². The number of carbonyl (C=O) groups excluding carboxylic acids is 1. The van der Waals surface area contributed by atoms with E-state index in [2.05, 4.69) is 24.1 Å². The topological polar surface area (TPSA) is 32.3 Å². The van der Waals surface area contributed by atoms with Crippen LogP contribution < -0.4 is 5.32 Å². The zero-order valence-corrected chi connectivity index (χ0v) is 14.3. The molecule has 0 saturated carbocycles. The van der Waals surface area contributed by atoms with Crippen molar-refractivity contribution in [3.8, 4) is 0 Å². The molecule has 1 atom stereocenters. The summed E-state index contributed by atoms with van der Waals surface area (Å²) in [6.07, 6.45) is 13.2. The predicted octanol–water partition coefficient (Wildman–Crippen LogP) is 4.12. The Balaban J connectivity index is 2.21. The van der Waals surface area contributed by atoms with Crippen molar-refractivity contribution in [2.45, 2.75) is 90.5 Å². The van der Waals surface area contributed by atoms with Gasteiger partial charge in [-0.05, 0) is 32.2 Å². The first-order valence-corrected chi connectivity index (χ1v) is 9.29. The first-order chi connectivity index (χ1) is 10.3. The van der Waals surface area contributed by atoms with Crippen molar-refractivity contribution in [3.63, 3.8) is 0 Å². The molecule has 1 aliphatic heterocycles. The minimum atomic E-state index is 0.375. The molecule has 1 rings (SSSR count). The van der Waals surface area contributed by atoms with Gasteiger partial charge in [0.05, 0.1) is 0 Å². The predicted molar refractivity (Wildman–Crippen MR) is 90.5 cm³/mol. The van der Waals surface area contributed by atoms with Crippen LogP contribution in [0.5, 0.6) is 0 Å². The summed E-state index contributed by atoms with van der Waals surface area (Å²) in [6, 6.07) is 0.527. The van der Waals surface area contributed by atoms with E-state index >= 15 is 0 Å². The number of rotatable bonds is 11. The normalized spacial score (nSPS) is 18.7. The van der Waals surface area contributed by atoms with Crippen molar-refractivity contribution < 1.29 is 4.79 Å². The van der Waals surface area contributed by atoms with Crippen molar-refractivity contribution in [2.75, 3.05) is 19.6 Å². The van der Waals surface area contributed by atoms with E-state index in [1.54, 1.807) is 0 Å². The van der Waals surface area contributed by atoms with Crippen LogP contribution in [0.1, 0.15) is 84.5 Å². The van der Waals surface area contributed by atoms with Crippen LogP contribution in [0, 0.1) is 0 Å². The molecule has 21 heavy (non-hydrogen) atoms. The van der Waals surface area contributed by atoms with Gasteiger partial charge in [-0.2, -0.15) is 0 Å². The van der Waals surface area contributed by atoms with Gasteiger partial charge in [0.25, 0.3) is 0 Å². The molecule has 1 aliphatic rings. The van der Waals surface area contributed by atoms with Gasteiger partial charge in [-0.25, -0.2) is 0 Å². The van der Waals surface area contributed by atoms with E-state index < -0.39 is 0 Å². The lowest BCUT2D eigenvalue weighted by atomic mass is 10.0. The fraction of sp³-hybridized carbons (Fsp3) is 0.944. The number of nitrogens with one attached hydrogen (secondary N) is 1. The minimum absolute atomic E-state index is 0.375. The van der Waals surface area contributed by atoms with Gasteiger partial charge in [0.1, 0.15) is 0 Å². The van der Waals surface area contributed by atoms with Gasteiger partial charge in [-0.1, -0.05) is 52.4 Å². The monoisotopic (exact) mass is 296 g/mol. The maximum absolute atomic E-state index is 12.4. The van der Waals surface area contributed by atoms with Gasteiger partial charge >= 0.3 is 0 Å². The molecular formula is C18H36N2O. The molecule has 0 aliphatic carbocycles. The highest BCUT2D eigenvalue weighted by Crippen LogP contribution is 2.12. The number of unbranched alkanes of at least 4 members (excludes halogenated alkanes) is 5. The number of nitrogens with zero attached hydrogens (tertiary/aromatic N) is 1. The van der Waals surface area contributed by atoms with Crippen LogP contribution in [0.3, 0.4) is 0 Å². The molecule has 3 nitrogen and oxygen atoms in total. The third kappa shape index (κ3) is 8.45. The van der Waals surface area contributed by atoms with Crippen molar-refractivity contribution >= 4 is 5.91 Å². The van der Waals surface area contributed by atoms with Crippen molar-refractivity contribution in [3.05, 3.63) is 0 Å². The molecule has 124 valence electrons. The molecule has 1 fully saturated rings. The maximum atomic E-state index is 12.4. The summed E-state index contributed by atoms with van der Waals surface area (Å²) < 4.78 is 0. The average Bonchev–Trinajstić information content (AvgIpc) is 2.51. The van der Waals surface area contributed by atoms with E-state index in [9.17, 15) is 4.79 Å². The van der Waals surface area contributed by atoms with E-state index in [1.165, 1.54) is 51.4 Å². The smallest absolute Gasteiger partial charge is 0.222 e. The van der Waals surface area contributed by atoms with Crippen molar-refractivity contribution in [1.82, 2.24) is 10.2 Å². The zero-order chi connectivity index (χ0) is 15.3. The molecule has 0 aromatic rings. The summed E-state index contributed by atoms with van der Waals surface area (Å²) >= 11 is 0. The number of amides is 1. The summed E-state index contributed by atoms with van der Waals surface area (Å²) in [5.74, 6) is 0.375. The molecule has 1 unspecified atom stereocenters. The summed E-state index contributed by atoms with van der Waals surface area (Å²) in [4.78, 5) is 14.5. The molecule has 1 heterocycles. The van der Waals surface area contributed by atoms with E-state index in [0.717, 1.165) is 38.9 Å². The van der Waals surface area contributed by atoms with Gasteiger partial charge in [-0.3, -0.25) is 4.79 Å². The Morgan fingerprint density at radius 2 is 1.81 bits per heavy atom. The van der Waals surface area contributed by atoms with Gasteiger partial charge in [0, 0.05) is 25.6 Å². The Kier molecular flexibility index (Phi) is 10.6. The Morgan fingerprint density at radius 3 is 2.48 bits per heavy atom. The summed E-state index contributed by atoms with van der Waals surface area (Å²) in [5.41, 5.74) is 0. The van der Waals surface area contributed by atoms with Gasteiger partial charge < -0.3 is 10.2 Å². The van der Waals surface area contributed by atoms with E-state index in [1.807, 2.05) is 0 Å². The Labute approximate surface area is 131 Å². The van der Waals surface area contributed by atoms with Crippen LogP contribution in [0.15, 0.2) is 0 Å². The van der Waals surface area contributed by atoms with Gasteiger partial charge in [0.15, 0.2) is 0 Å².